The van der Waals surface area contributed by atoms with Crippen LogP contribution < -0.4 is 19.5 Å². The number of halogens is 5. The third-order valence-corrected chi connectivity index (χ3v) is 5.37. The summed E-state index contributed by atoms with van der Waals surface area (Å²) in [5.74, 6) is -0.0713. The number of ether oxygens (including phenoxy) is 3. The molecular weight excluding hydrogens is 528 g/mol. The number of pyridine rings is 1. The Kier molecular flexibility index (Phi) is 9.35. The first-order chi connectivity index (χ1) is 18.0. The summed E-state index contributed by atoms with van der Waals surface area (Å²) in [5.41, 5.74) is 1.13. The highest BCUT2D eigenvalue weighted by atomic mass is 35.5. The Morgan fingerprint density at radius 2 is 1.74 bits per heavy atom. The van der Waals surface area contributed by atoms with Gasteiger partial charge >= 0.3 is 6.18 Å². The minimum absolute atomic E-state index is 0.0626. The minimum Gasteiger partial charge on any atom is -0.493 e. The molecule has 1 heterocycles. The Balaban J connectivity index is 1.72. The van der Waals surface area contributed by atoms with Gasteiger partial charge in [-0.25, -0.2) is 4.39 Å². The second kappa shape index (κ2) is 12.5. The average molecular weight is 551 g/mol. The van der Waals surface area contributed by atoms with Crippen LogP contribution in [-0.2, 0) is 4.79 Å². The van der Waals surface area contributed by atoms with Crippen LogP contribution in [-0.4, -0.2) is 31.3 Å². The van der Waals surface area contributed by atoms with E-state index in [1.54, 1.807) is 31.2 Å². The molecule has 0 spiro atoms. The number of carbonyl (C=O) groups excluding carboxylic acids is 1. The van der Waals surface area contributed by atoms with E-state index in [1.165, 1.54) is 38.6 Å². The van der Waals surface area contributed by atoms with Gasteiger partial charge in [-0.3, -0.25) is 9.78 Å². The second-order valence-corrected chi connectivity index (χ2v) is 8.21. The van der Waals surface area contributed by atoms with Crippen molar-refractivity contribution >= 4 is 34.1 Å². The summed E-state index contributed by atoms with van der Waals surface area (Å²) in [4.78, 5) is 16.7. The molecule has 0 unspecified atom stereocenters. The van der Waals surface area contributed by atoms with E-state index in [1.807, 2.05) is 0 Å². The molecule has 3 aromatic rings. The van der Waals surface area contributed by atoms with Crippen LogP contribution >= 0.6 is 11.6 Å². The van der Waals surface area contributed by atoms with E-state index in [0.29, 0.717) is 33.7 Å². The fraction of sp³-hybridized carbons (Fsp3) is 0.185. The van der Waals surface area contributed by atoms with Crippen LogP contribution in [0.2, 0.25) is 0 Å². The summed E-state index contributed by atoms with van der Waals surface area (Å²) in [7, 11) is 2.99. The van der Waals surface area contributed by atoms with Gasteiger partial charge in [-0.15, -0.1) is 0 Å². The normalized spacial score (nSPS) is 12.6. The highest BCUT2D eigenvalue weighted by Gasteiger charge is 2.23. The van der Waals surface area contributed by atoms with Gasteiger partial charge in [0.25, 0.3) is 0 Å². The van der Waals surface area contributed by atoms with Crippen LogP contribution in [0.5, 0.6) is 23.0 Å². The first-order valence-corrected chi connectivity index (χ1v) is 11.5. The molecule has 1 aromatic heterocycles. The molecule has 0 saturated heterocycles. The fourth-order valence-corrected chi connectivity index (χ4v) is 3.54. The fourth-order valence-electron chi connectivity index (χ4n) is 3.36. The third-order valence-electron chi connectivity index (χ3n) is 5.14. The lowest BCUT2D eigenvalue weighted by Crippen LogP contribution is -2.12. The largest absolute Gasteiger partial charge is 0.493 e. The van der Waals surface area contributed by atoms with Gasteiger partial charge in [0.15, 0.2) is 23.1 Å². The molecule has 0 fully saturated rings. The van der Waals surface area contributed by atoms with Gasteiger partial charge in [0.1, 0.15) is 5.75 Å². The lowest BCUT2D eigenvalue weighted by molar-refractivity contribution is -0.115. The molecule has 6 nitrogen and oxygen atoms in total. The molecule has 1 N–H and O–H groups in total. The molecule has 0 radical (unpaired) electrons. The number of carbonyl (C=O) groups is 1. The van der Waals surface area contributed by atoms with Crippen molar-refractivity contribution in [3.8, 4) is 23.0 Å². The predicted octanol–water partition coefficient (Wildman–Crippen LogP) is 7.70. The van der Waals surface area contributed by atoms with E-state index in [-0.39, 0.29) is 23.9 Å². The number of fused-ring (bicyclic) bond motifs is 1. The van der Waals surface area contributed by atoms with Crippen molar-refractivity contribution in [2.24, 2.45) is 0 Å². The molecule has 200 valence electrons. The van der Waals surface area contributed by atoms with Crippen molar-refractivity contribution in [3.05, 3.63) is 83.3 Å². The third kappa shape index (κ3) is 7.72. The van der Waals surface area contributed by atoms with Crippen LogP contribution in [0.1, 0.15) is 13.3 Å². The number of hydrogen-bond acceptors (Lipinski definition) is 5. The second-order valence-electron chi connectivity index (χ2n) is 7.77. The monoisotopic (exact) mass is 550 g/mol. The van der Waals surface area contributed by atoms with Crippen molar-refractivity contribution in [2.45, 2.75) is 19.5 Å². The number of rotatable bonds is 9. The predicted molar refractivity (Wildman–Crippen MR) is 137 cm³/mol. The van der Waals surface area contributed by atoms with Crippen molar-refractivity contribution in [3.63, 3.8) is 0 Å². The molecular formula is C27H23ClF4N2O4. The summed E-state index contributed by atoms with van der Waals surface area (Å²) >= 11 is 5.54. The van der Waals surface area contributed by atoms with Gasteiger partial charge in [0.05, 0.1) is 26.2 Å². The number of alkyl halides is 3. The van der Waals surface area contributed by atoms with Gasteiger partial charge in [-0.1, -0.05) is 23.8 Å². The Labute approximate surface area is 221 Å². The SMILES string of the molecule is C\C=C(/C=C\C(Cl)=C\C(F)(F)F)CC(=O)Nc1ccc(Oc2ccnc3cc(OC)c(OC)cc23)c(F)c1. The maximum absolute atomic E-state index is 14.9. The summed E-state index contributed by atoms with van der Waals surface area (Å²) in [5, 5.41) is 2.58. The highest BCUT2D eigenvalue weighted by molar-refractivity contribution is 6.31. The topological polar surface area (TPSA) is 69.7 Å². The first kappa shape index (κ1) is 28.5. The van der Waals surface area contributed by atoms with Gasteiger partial charge < -0.3 is 19.5 Å². The number of benzene rings is 2. The number of allylic oxidation sites excluding steroid dienone is 5. The summed E-state index contributed by atoms with van der Waals surface area (Å²) < 4.78 is 68.3. The zero-order chi connectivity index (χ0) is 27.9. The zero-order valence-electron chi connectivity index (χ0n) is 20.5. The van der Waals surface area contributed by atoms with Crippen molar-refractivity contribution in [1.82, 2.24) is 4.98 Å². The number of aromatic nitrogens is 1. The number of anilines is 1. The smallest absolute Gasteiger partial charge is 0.411 e. The number of nitrogens with zero attached hydrogens (tertiary/aromatic N) is 1. The standard InChI is InChI=1S/C27H23ClF4N2O4/c1-4-16(5-6-17(28)15-27(30,31)32)11-26(35)34-18-7-8-23(20(29)12-18)38-22-9-10-33-21-14-25(37-3)24(36-2)13-19(21)22/h4-10,12-15H,11H2,1-3H3,(H,34,35)/b6-5-,16-4+,17-15-. The lowest BCUT2D eigenvalue weighted by Gasteiger charge is -2.13. The summed E-state index contributed by atoms with van der Waals surface area (Å²) in [6, 6.07) is 8.82. The zero-order valence-corrected chi connectivity index (χ0v) is 21.3. The van der Waals surface area contributed by atoms with Crippen LogP contribution in [0.15, 0.2) is 77.5 Å². The van der Waals surface area contributed by atoms with Crippen LogP contribution in [0.25, 0.3) is 10.9 Å². The molecule has 0 saturated carbocycles. The Hall–Kier alpha value is -4.05. The summed E-state index contributed by atoms with van der Waals surface area (Å²) in [6.07, 6.45) is 0.609. The van der Waals surface area contributed by atoms with Gasteiger partial charge in [0, 0.05) is 40.5 Å². The average Bonchev–Trinajstić information content (AvgIpc) is 2.86. The molecule has 0 atom stereocenters. The van der Waals surface area contributed by atoms with E-state index in [0.717, 1.165) is 12.1 Å². The molecule has 38 heavy (non-hydrogen) atoms. The van der Waals surface area contributed by atoms with E-state index < -0.39 is 22.9 Å². The molecule has 0 bridgehead atoms. The quantitative estimate of drug-likeness (QED) is 0.218. The Morgan fingerprint density at radius 1 is 1.03 bits per heavy atom. The maximum Gasteiger partial charge on any atom is 0.411 e. The molecule has 0 aliphatic heterocycles. The Bertz CT molecular complexity index is 1420. The van der Waals surface area contributed by atoms with Crippen molar-refractivity contribution in [1.29, 1.82) is 0 Å². The van der Waals surface area contributed by atoms with Crippen LogP contribution in [0, 0.1) is 5.82 Å². The van der Waals surface area contributed by atoms with E-state index in [2.05, 4.69) is 10.3 Å². The summed E-state index contributed by atoms with van der Waals surface area (Å²) in [6.45, 7) is 1.62. The van der Waals surface area contributed by atoms with Crippen LogP contribution in [0.3, 0.4) is 0 Å². The van der Waals surface area contributed by atoms with Gasteiger partial charge in [-0.05, 0) is 42.8 Å². The van der Waals surface area contributed by atoms with E-state index in [4.69, 9.17) is 25.8 Å². The first-order valence-electron chi connectivity index (χ1n) is 11.1. The van der Waals surface area contributed by atoms with Gasteiger partial charge in [0.2, 0.25) is 5.91 Å². The molecule has 0 aliphatic carbocycles. The number of amides is 1. The minimum atomic E-state index is -4.56. The highest BCUT2D eigenvalue weighted by Crippen LogP contribution is 2.37. The van der Waals surface area contributed by atoms with E-state index >= 15 is 0 Å². The van der Waals surface area contributed by atoms with Crippen LogP contribution in [0.4, 0.5) is 23.2 Å². The number of nitrogens with one attached hydrogen (secondary N) is 1. The molecule has 0 aliphatic rings. The molecule has 3 rings (SSSR count). The van der Waals surface area contributed by atoms with E-state index in [9.17, 15) is 22.4 Å². The van der Waals surface area contributed by atoms with Crippen molar-refractivity contribution < 1.29 is 36.6 Å². The number of hydrogen-bond donors (Lipinski definition) is 1. The lowest BCUT2D eigenvalue weighted by atomic mass is 10.1. The molecule has 2 aromatic carbocycles. The Morgan fingerprint density at radius 3 is 2.37 bits per heavy atom. The molecule has 1 amide bonds. The molecule has 11 heteroatoms. The number of methoxy groups -OCH3 is 2. The van der Waals surface area contributed by atoms with Crippen molar-refractivity contribution in [2.75, 3.05) is 19.5 Å². The van der Waals surface area contributed by atoms with Gasteiger partial charge in [-0.2, -0.15) is 13.2 Å². The maximum atomic E-state index is 14.9.